The second-order valence-electron chi connectivity index (χ2n) is 17.0. The summed E-state index contributed by atoms with van der Waals surface area (Å²) in [7, 11) is 3.94. The van der Waals surface area contributed by atoms with Crippen LogP contribution in [0.25, 0.3) is 55.7 Å². The molecule has 2 aliphatic heterocycles. The number of nitrogens with zero attached hydrogens (tertiary/aromatic N) is 11. The van der Waals surface area contributed by atoms with E-state index in [1.807, 2.05) is 84.1 Å². The Morgan fingerprint density at radius 3 is 1.70 bits per heavy atom. The quantitative estimate of drug-likeness (QED) is 0.176. The first kappa shape index (κ1) is 39.8. The number of likely N-dealkylation sites (tertiary alicyclic amines) is 1. The van der Waals surface area contributed by atoms with E-state index in [4.69, 9.17) is 25.1 Å². The molecule has 0 spiro atoms. The summed E-state index contributed by atoms with van der Waals surface area (Å²) >= 11 is 0. The molecule has 1 N–H and O–H groups in total. The average molecular weight is 817 g/mol. The van der Waals surface area contributed by atoms with Crippen LogP contribution in [0.5, 0.6) is 0 Å². The van der Waals surface area contributed by atoms with E-state index in [1.165, 1.54) is 18.5 Å². The minimum atomic E-state index is -0.494. The number of ether oxygens (including phenoxy) is 1. The molecule has 2 saturated heterocycles. The number of amides is 1. The lowest BCUT2D eigenvalue weighted by Gasteiger charge is -2.33. The summed E-state index contributed by atoms with van der Waals surface area (Å²) in [6.07, 6.45) is 15.3. The lowest BCUT2D eigenvalue weighted by Crippen LogP contribution is -2.42. The Balaban J connectivity index is 0.000000160. The number of rotatable bonds is 6. The van der Waals surface area contributed by atoms with Gasteiger partial charge in [0.1, 0.15) is 17.0 Å². The third kappa shape index (κ3) is 8.53. The SMILES string of the molecule is Cn1nc(-c2ccncc2)c2cc(-n3ccc(C4CCCN(C(=O)OC(C)(C)C)C4)n3)ccc21.Cn1nc(-c2ccncc2)c2cc(-n3ccc(C4CCCNC4)n3)ccc21. The molecule has 0 radical (unpaired) electrons. The van der Waals surface area contributed by atoms with Crippen LogP contribution in [0.3, 0.4) is 0 Å². The maximum Gasteiger partial charge on any atom is 0.410 e. The molecule has 1 amide bonds. The van der Waals surface area contributed by atoms with Gasteiger partial charge in [0.05, 0.1) is 33.8 Å². The molecule has 2 fully saturated rings. The molecule has 14 heteroatoms. The van der Waals surface area contributed by atoms with Crippen molar-refractivity contribution in [3.05, 3.63) is 121 Å². The summed E-state index contributed by atoms with van der Waals surface area (Å²) in [6, 6.07) is 24.8. The van der Waals surface area contributed by atoms with Crippen molar-refractivity contribution in [1.82, 2.24) is 59.3 Å². The van der Waals surface area contributed by atoms with Gasteiger partial charge in [-0.15, -0.1) is 0 Å². The number of hydrogen-bond acceptors (Lipinski definition) is 9. The second kappa shape index (κ2) is 16.8. The minimum absolute atomic E-state index is 0.192. The van der Waals surface area contributed by atoms with Crippen LogP contribution >= 0.6 is 0 Å². The molecule has 61 heavy (non-hydrogen) atoms. The Labute approximate surface area is 355 Å². The molecule has 8 aromatic rings. The predicted molar refractivity (Wildman–Crippen MR) is 237 cm³/mol. The number of aryl methyl sites for hydroxylation is 2. The number of piperidine rings is 2. The highest BCUT2D eigenvalue weighted by Crippen LogP contribution is 2.32. The summed E-state index contributed by atoms with van der Waals surface area (Å²) < 4.78 is 13.3. The molecular formula is C47H52N12O2. The van der Waals surface area contributed by atoms with Gasteiger partial charge in [-0.1, -0.05) is 0 Å². The molecule has 0 aliphatic carbocycles. The van der Waals surface area contributed by atoms with Crippen molar-refractivity contribution in [2.24, 2.45) is 14.1 Å². The highest BCUT2D eigenvalue weighted by atomic mass is 16.6. The number of benzene rings is 2. The molecule has 0 saturated carbocycles. The molecule has 14 nitrogen and oxygen atoms in total. The number of carbonyl (C=O) groups excluding carboxylic acids is 1. The van der Waals surface area contributed by atoms with E-state index >= 15 is 0 Å². The molecule has 6 aromatic heterocycles. The highest BCUT2D eigenvalue weighted by molar-refractivity contribution is 5.95. The van der Waals surface area contributed by atoms with E-state index in [2.05, 4.69) is 70.0 Å². The summed E-state index contributed by atoms with van der Waals surface area (Å²) in [6.45, 7) is 9.17. The van der Waals surface area contributed by atoms with E-state index < -0.39 is 5.60 Å². The zero-order valence-corrected chi connectivity index (χ0v) is 35.4. The fourth-order valence-corrected chi connectivity index (χ4v) is 8.45. The molecule has 2 aromatic carbocycles. The van der Waals surface area contributed by atoms with Crippen molar-refractivity contribution in [3.63, 3.8) is 0 Å². The molecule has 8 heterocycles. The van der Waals surface area contributed by atoms with E-state index in [0.29, 0.717) is 12.5 Å². The zero-order chi connectivity index (χ0) is 42.1. The number of aromatic nitrogens is 10. The van der Waals surface area contributed by atoms with Crippen LogP contribution in [0.4, 0.5) is 4.79 Å². The van der Waals surface area contributed by atoms with Crippen molar-refractivity contribution in [3.8, 4) is 33.9 Å². The number of carbonyl (C=O) groups is 1. The van der Waals surface area contributed by atoms with Crippen LogP contribution in [0.1, 0.15) is 69.7 Å². The van der Waals surface area contributed by atoms with E-state index in [-0.39, 0.29) is 12.0 Å². The highest BCUT2D eigenvalue weighted by Gasteiger charge is 2.29. The zero-order valence-electron chi connectivity index (χ0n) is 35.4. The Morgan fingerprint density at radius 1 is 0.672 bits per heavy atom. The first-order chi connectivity index (χ1) is 29.6. The fourth-order valence-electron chi connectivity index (χ4n) is 8.45. The van der Waals surface area contributed by atoms with Crippen LogP contribution < -0.4 is 5.32 Å². The topological polar surface area (TPSA) is 139 Å². The maximum atomic E-state index is 12.6. The number of pyridine rings is 2. The van der Waals surface area contributed by atoms with Gasteiger partial charge in [-0.3, -0.25) is 19.3 Å². The number of fused-ring (bicyclic) bond motifs is 2. The normalized spacial score (nSPS) is 17.0. The minimum Gasteiger partial charge on any atom is -0.444 e. The van der Waals surface area contributed by atoms with Gasteiger partial charge in [0, 0.05) is 105 Å². The van der Waals surface area contributed by atoms with Crippen LogP contribution in [-0.4, -0.2) is 91.9 Å². The first-order valence-corrected chi connectivity index (χ1v) is 21.1. The van der Waals surface area contributed by atoms with Crippen LogP contribution in [-0.2, 0) is 18.8 Å². The van der Waals surface area contributed by atoms with Crippen LogP contribution in [0, 0.1) is 0 Å². The third-order valence-electron chi connectivity index (χ3n) is 11.5. The van der Waals surface area contributed by atoms with E-state index in [0.717, 1.165) is 93.9 Å². The standard InChI is InChI=1S/C26H30N6O2.C21H22N6/c1-26(2,3)34-25(33)31-14-5-6-19(17-31)22-11-15-32(28-22)20-7-8-23-21(16-20)24(29-30(23)4)18-9-12-27-13-10-18;1-26-20-5-4-17(13-18(20)21(25-26)15-6-10-22-11-7-15)27-12-8-19(24-27)16-3-2-9-23-14-16/h7-13,15-16,19H,5-6,14,17H2,1-4H3;4-8,10-13,16,23H,2-3,9,14H2,1H3. The predicted octanol–water partition coefficient (Wildman–Crippen LogP) is 8.22. The molecular weight excluding hydrogens is 765 g/mol. The van der Waals surface area contributed by atoms with Gasteiger partial charge in [0.25, 0.3) is 0 Å². The third-order valence-corrected chi connectivity index (χ3v) is 11.5. The van der Waals surface area contributed by atoms with E-state index in [1.54, 1.807) is 29.7 Å². The molecule has 2 unspecified atom stereocenters. The lowest BCUT2D eigenvalue weighted by atomic mass is 9.95. The maximum absolute atomic E-state index is 12.6. The van der Waals surface area contributed by atoms with Crippen LogP contribution in [0.15, 0.2) is 110 Å². The van der Waals surface area contributed by atoms with Gasteiger partial charge in [0.2, 0.25) is 0 Å². The van der Waals surface area contributed by atoms with Gasteiger partial charge < -0.3 is 15.0 Å². The summed E-state index contributed by atoms with van der Waals surface area (Å²) in [5.41, 5.74) is 9.86. The smallest absolute Gasteiger partial charge is 0.410 e. The summed E-state index contributed by atoms with van der Waals surface area (Å²) in [5, 5.41) is 24.9. The lowest BCUT2D eigenvalue weighted by molar-refractivity contribution is 0.0197. The van der Waals surface area contributed by atoms with Crippen molar-refractivity contribution in [1.29, 1.82) is 0 Å². The number of nitrogens with one attached hydrogen (secondary N) is 1. The fraction of sp³-hybridized carbons (Fsp3) is 0.340. The Kier molecular flexibility index (Phi) is 10.9. The molecule has 312 valence electrons. The van der Waals surface area contributed by atoms with Crippen molar-refractivity contribution in [2.75, 3.05) is 26.2 Å². The van der Waals surface area contributed by atoms with Gasteiger partial charge >= 0.3 is 6.09 Å². The van der Waals surface area contributed by atoms with Crippen molar-refractivity contribution in [2.45, 2.75) is 63.9 Å². The Hall–Kier alpha value is -6.67. The Morgan fingerprint density at radius 2 is 1.20 bits per heavy atom. The largest absolute Gasteiger partial charge is 0.444 e. The molecule has 10 rings (SSSR count). The summed E-state index contributed by atoms with van der Waals surface area (Å²) in [5.74, 6) is 0.700. The van der Waals surface area contributed by atoms with Gasteiger partial charge in [-0.2, -0.15) is 20.4 Å². The van der Waals surface area contributed by atoms with E-state index in [9.17, 15) is 4.79 Å². The summed E-state index contributed by atoms with van der Waals surface area (Å²) in [4.78, 5) is 22.6. The molecule has 2 atom stereocenters. The van der Waals surface area contributed by atoms with Gasteiger partial charge in [-0.05, 0) is 126 Å². The molecule has 0 bridgehead atoms. The van der Waals surface area contributed by atoms with Gasteiger partial charge in [0.15, 0.2) is 0 Å². The van der Waals surface area contributed by atoms with Gasteiger partial charge in [-0.25, -0.2) is 14.2 Å². The Bertz CT molecular complexity index is 2770. The van der Waals surface area contributed by atoms with Crippen LogP contribution in [0.2, 0.25) is 0 Å². The average Bonchev–Trinajstić information content (AvgIpc) is 4.11. The second-order valence-corrected chi connectivity index (χ2v) is 17.0. The van der Waals surface area contributed by atoms with Crippen molar-refractivity contribution < 1.29 is 9.53 Å². The number of hydrogen-bond donors (Lipinski definition) is 1. The first-order valence-electron chi connectivity index (χ1n) is 21.1. The monoisotopic (exact) mass is 816 g/mol. The van der Waals surface area contributed by atoms with Crippen molar-refractivity contribution >= 4 is 27.9 Å². The molecule has 2 aliphatic rings.